The van der Waals surface area contributed by atoms with E-state index in [0.717, 1.165) is 0 Å². The molecule has 1 fully saturated rings. The van der Waals surface area contributed by atoms with E-state index in [1.807, 2.05) is 13.8 Å². The van der Waals surface area contributed by atoms with Crippen LogP contribution in [-0.4, -0.2) is 29.8 Å². The number of rotatable bonds is 6. The van der Waals surface area contributed by atoms with Crippen LogP contribution in [0.25, 0.3) is 0 Å². The van der Waals surface area contributed by atoms with E-state index in [-0.39, 0.29) is 17.7 Å². The molecule has 0 radical (unpaired) electrons. The Morgan fingerprint density at radius 1 is 1.14 bits per heavy atom. The molecule has 5 amide bonds. The highest BCUT2D eigenvalue weighted by Gasteiger charge is 2.43. The molecule has 9 heteroatoms. The van der Waals surface area contributed by atoms with Crippen LogP contribution in [-0.2, 0) is 15.1 Å². The van der Waals surface area contributed by atoms with E-state index in [1.54, 1.807) is 48.7 Å². The summed E-state index contributed by atoms with van der Waals surface area (Å²) in [5.74, 6) is -1.28. The maximum atomic E-state index is 12.8. The Labute approximate surface area is 172 Å². The van der Waals surface area contributed by atoms with E-state index in [0.29, 0.717) is 16.1 Å². The summed E-state index contributed by atoms with van der Waals surface area (Å²) in [6.45, 7) is 5.27. The van der Waals surface area contributed by atoms with Crippen LogP contribution in [0.1, 0.15) is 36.0 Å². The van der Waals surface area contributed by atoms with Crippen molar-refractivity contribution in [1.29, 1.82) is 0 Å². The molecule has 1 aromatic carbocycles. The number of amides is 5. The Bertz CT molecular complexity index is 957. The number of hydrogen-bond donors (Lipinski definition) is 4. The smallest absolute Gasteiger partial charge is 0.322 e. The number of hydrogen-bond acceptors (Lipinski definition) is 5. The van der Waals surface area contributed by atoms with Crippen molar-refractivity contribution in [2.75, 3.05) is 5.32 Å². The molecule has 2 aromatic rings. The van der Waals surface area contributed by atoms with Gasteiger partial charge in [-0.1, -0.05) is 32.0 Å². The molecule has 2 atom stereocenters. The van der Waals surface area contributed by atoms with Crippen molar-refractivity contribution in [3.63, 3.8) is 0 Å². The number of anilines is 1. The highest BCUT2D eigenvalue weighted by molar-refractivity contribution is 7.12. The van der Waals surface area contributed by atoms with E-state index in [2.05, 4.69) is 21.3 Å². The van der Waals surface area contributed by atoms with E-state index in [9.17, 15) is 19.2 Å². The van der Waals surface area contributed by atoms with Crippen molar-refractivity contribution >= 4 is 40.8 Å². The first-order valence-electron chi connectivity index (χ1n) is 9.10. The minimum Gasteiger partial charge on any atom is -0.339 e. The molecule has 3 rings (SSSR count). The summed E-state index contributed by atoms with van der Waals surface area (Å²) in [5.41, 5.74) is -0.232. The predicted octanol–water partition coefficient (Wildman–Crippen LogP) is 2.20. The molecule has 29 heavy (non-hydrogen) atoms. The van der Waals surface area contributed by atoms with Gasteiger partial charge in [-0.2, -0.15) is 0 Å². The number of urea groups is 1. The summed E-state index contributed by atoms with van der Waals surface area (Å²) in [4.78, 5) is 49.4. The lowest BCUT2D eigenvalue weighted by molar-refractivity contribution is -0.123. The number of thiophene rings is 1. The Hall–Kier alpha value is -3.20. The SMILES string of the molecule is CC(C)[C@@H](NC(=O)c1cccs1)C(=O)Nc1cccc([C@]2(C)NC(=O)NC2=O)c1. The van der Waals surface area contributed by atoms with Crippen molar-refractivity contribution in [3.05, 3.63) is 52.2 Å². The highest BCUT2D eigenvalue weighted by atomic mass is 32.1. The van der Waals surface area contributed by atoms with Gasteiger partial charge in [-0.25, -0.2) is 4.79 Å². The molecule has 1 aliphatic heterocycles. The lowest BCUT2D eigenvalue weighted by Crippen LogP contribution is -2.47. The molecule has 1 aliphatic rings. The van der Waals surface area contributed by atoms with Crippen LogP contribution in [0.4, 0.5) is 10.5 Å². The van der Waals surface area contributed by atoms with Gasteiger partial charge in [0.1, 0.15) is 11.6 Å². The van der Waals surface area contributed by atoms with E-state index in [4.69, 9.17) is 0 Å². The maximum Gasteiger partial charge on any atom is 0.322 e. The summed E-state index contributed by atoms with van der Waals surface area (Å²) < 4.78 is 0. The van der Waals surface area contributed by atoms with Crippen LogP contribution in [0, 0.1) is 5.92 Å². The molecule has 0 spiro atoms. The second-order valence-corrected chi connectivity index (χ2v) is 8.22. The molecular weight excluding hydrogens is 392 g/mol. The number of carbonyl (C=O) groups excluding carboxylic acids is 4. The quantitative estimate of drug-likeness (QED) is 0.542. The minimum atomic E-state index is -1.22. The molecule has 0 saturated carbocycles. The lowest BCUT2D eigenvalue weighted by Gasteiger charge is -2.23. The standard InChI is InChI=1S/C20H22N4O4S/c1-11(2)15(22-16(25)14-8-5-9-29-14)17(26)21-13-7-4-6-12(10-13)20(3)18(27)23-19(28)24-20/h4-11,15H,1-3H3,(H,21,26)(H,22,25)(H2,23,24,27,28)/t15-,20+/m1/s1. The number of carbonyl (C=O) groups is 4. The molecule has 2 heterocycles. The summed E-state index contributed by atoms with van der Waals surface area (Å²) >= 11 is 1.30. The first-order valence-corrected chi connectivity index (χ1v) is 9.98. The molecule has 0 unspecified atom stereocenters. The van der Waals surface area contributed by atoms with Crippen molar-refractivity contribution in [3.8, 4) is 0 Å². The van der Waals surface area contributed by atoms with Gasteiger partial charge in [-0.05, 0) is 42.0 Å². The summed E-state index contributed by atoms with van der Waals surface area (Å²) in [6, 6.07) is 8.84. The Morgan fingerprint density at radius 2 is 1.90 bits per heavy atom. The van der Waals surface area contributed by atoms with Gasteiger partial charge < -0.3 is 16.0 Å². The van der Waals surface area contributed by atoms with Crippen LogP contribution in [0.15, 0.2) is 41.8 Å². The van der Waals surface area contributed by atoms with Crippen LogP contribution in [0.2, 0.25) is 0 Å². The van der Waals surface area contributed by atoms with Crippen LogP contribution in [0.3, 0.4) is 0 Å². The minimum absolute atomic E-state index is 0.139. The van der Waals surface area contributed by atoms with Gasteiger partial charge in [0.05, 0.1) is 4.88 Å². The maximum absolute atomic E-state index is 12.8. The predicted molar refractivity (Wildman–Crippen MR) is 110 cm³/mol. The molecule has 1 saturated heterocycles. The average Bonchev–Trinajstić information content (AvgIpc) is 3.28. The normalized spacial score (nSPS) is 19.4. The van der Waals surface area contributed by atoms with Gasteiger partial charge in [0.25, 0.3) is 11.8 Å². The summed E-state index contributed by atoms with van der Waals surface area (Å²) in [7, 11) is 0. The highest BCUT2D eigenvalue weighted by Crippen LogP contribution is 2.26. The molecule has 4 N–H and O–H groups in total. The first-order chi connectivity index (χ1) is 13.7. The fourth-order valence-corrected chi connectivity index (χ4v) is 3.66. The van der Waals surface area contributed by atoms with Gasteiger partial charge in [-0.3, -0.25) is 19.7 Å². The fraction of sp³-hybridized carbons (Fsp3) is 0.300. The molecular formula is C20H22N4O4S. The van der Waals surface area contributed by atoms with Gasteiger partial charge in [0.15, 0.2) is 0 Å². The molecule has 1 aromatic heterocycles. The van der Waals surface area contributed by atoms with Gasteiger partial charge in [0, 0.05) is 5.69 Å². The second kappa shape index (κ2) is 8.04. The number of benzene rings is 1. The average molecular weight is 414 g/mol. The van der Waals surface area contributed by atoms with Gasteiger partial charge >= 0.3 is 6.03 Å². The van der Waals surface area contributed by atoms with Crippen LogP contribution >= 0.6 is 11.3 Å². The third-order valence-corrected chi connectivity index (χ3v) is 5.60. The summed E-state index contributed by atoms with van der Waals surface area (Å²) in [6.07, 6.45) is 0. The Balaban J connectivity index is 1.76. The zero-order valence-electron chi connectivity index (χ0n) is 16.2. The second-order valence-electron chi connectivity index (χ2n) is 7.28. The monoisotopic (exact) mass is 414 g/mol. The molecule has 8 nitrogen and oxygen atoms in total. The molecule has 0 aliphatic carbocycles. The fourth-order valence-electron chi connectivity index (χ4n) is 3.03. The van der Waals surface area contributed by atoms with Gasteiger partial charge in [-0.15, -0.1) is 11.3 Å². The van der Waals surface area contributed by atoms with E-state index < -0.39 is 23.5 Å². The van der Waals surface area contributed by atoms with Crippen molar-refractivity contribution in [2.24, 2.45) is 5.92 Å². The van der Waals surface area contributed by atoms with Crippen molar-refractivity contribution in [1.82, 2.24) is 16.0 Å². The lowest BCUT2D eigenvalue weighted by atomic mass is 9.92. The zero-order valence-corrected chi connectivity index (χ0v) is 17.1. The van der Waals surface area contributed by atoms with Gasteiger partial charge in [0.2, 0.25) is 5.91 Å². The Morgan fingerprint density at radius 3 is 2.48 bits per heavy atom. The van der Waals surface area contributed by atoms with E-state index in [1.165, 1.54) is 11.3 Å². The molecule has 0 bridgehead atoms. The third-order valence-electron chi connectivity index (χ3n) is 4.73. The Kier molecular flexibility index (Phi) is 5.69. The third kappa shape index (κ3) is 4.29. The van der Waals surface area contributed by atoms with Crippen LogP contribution in [0.5, 0.6) is 0 Å². The first kappa shape index (κ1) is 20.5. The van der Waals surface area contributed by atoms with Crippen molar-refractivity contribution in [2.45, 2.75) is 32.4 Å². The van der Waals surface area contributed by atoms with Crippen LogP contribution < -0.4 is 21.3 Å². The number of imide groups is 1. The topological polar surface area (TPSA) is 116 Å². The van der Waals surface area contributed by atoms with Crippen molar-refractivity contribution < 1.29 is 19.2 Å². The zero-order chi connectivity index (χ0) is 21.2. The number of nitrogens with one attached hydrogen (secondary N) is 4. The summed E-state index contributed by atoms with van der Waals surface area (Å²) in [5, 5.41) is 12.2. The largest absolute Gasteiger partial charge is 0.339 e. The molecule has 152 valence electrons. The van der Waals surface area contributed by atoms with E-state index >= 15 is 0 Å².